The van der Waals surface area contributed by atoms with Crippen LogP contribution in [0.25, 0.3) is 11.3 Å². The van der Waals surface area contributed by atoms with E-state index in [-0.39, 0.29) is 11.6 Å². The summed E-state index contributed by atoms with van der Waals surface area (Å²) >= 11 is 0. The van der Waals surface area contributed by atoms with Crippen LogP contribution in [0, 0.1) is 6.92 Å². The van der Waals surface area contributed by atoms with E-state index in [1.54, 1.807) is 6.20 Å². The molecule has 0 saturated heterocycles. The van der Waals surface area contributed by atoms with Crippen molar-refractivity contribution in [2.24, 2.45) is 0 Å². The van der Waals surface area contributed by atoms with Gasteiger partial charge in [-0.1, -0.05) is 24.3 Å². The lowest BCUT2D eigenvalue weighted by atomic mass is 10.1. The van der Waals surface area contributed by atoms with Crippen molar-refractivity contribution in [1.82, 2.24) is 9.97 Å². The van der Waals surface area contributed by atoms with Gasteiger partial charge in [-0.3, -0.25) is 0 Å². The summed E-state index contributed by atoms with van der Waals surface area (Å²) in [6.07, 6.45) is 1.63. The second-order valence-corrected chi connectivity index (χ2v) is 3.34. The maximum absolute atomic E-state index is 5.61. The van der Waals surface area contributed by atoms with E-state index >= 15 is 0 Å². The molecule has 4 nitrogen and oxygen atoms in total. The first-order valence-electron chi connectivity index (χ1n) is 4.62. The van der Waals surface area contributed by atoms with E-state index < -0.39 is 0 Å². The van der Waals surface area contributed by atoms with Crippen molar-refractivity contribution < 1.29 is 0 Å². The van der Waals surface area contributed by atoms with Gasteiger partial charge in [-0.05, 0) is 12.5 Å². The molecule has 0 aliphatic heterocycles. The summed E-state index contributed by atoms with van der Waals surface area (Å²) in [5.74, 6) is 0.545. The summed E-state index contributed by atoms with van der Waals surface area (Å²) in [5.41, 5.74) is 14.0. The van der Waals surface area contributed by atoms with Crippen LogP contribution in [-0.4, -0.2) is 9.97 Å². The molecule has 0 unspecified atom stereocenters. The van der Waals surface area contributed by atoms with E-state index in [1.165, 1.54) is 0 Å². The largest absolute Gasteiger partial charge is 0.381 e. The van der Waals surface area contributed by atoms with Crippen molar-refractivity contribution in [3.63, 3.8) is 0 Å². The maximum Gasteiger partial charge on any atom is 0.166 e. The van der Waals surface area contributed by atoms with Crippen LogP contribution >= 0.6 is 0 Å². The van der Waals surface area contributed by atoms with Gasteiger partial charge in [0.2, 0.25) is 0 Å². The highest BCUT2D eigenvalue weighted by molar-refractivity contribution is 5.66. The van der Waals surface area contributed by atoms with Gasteiger partial charge in [0.05, 0.1) is 11.9 Å². The Kier molecular flexibility index (Phi) is 2.25. The highest BCUT2D eigenvalue weighted by Crippen LogP contribution is 2.22. The van der Waals surface area contributed by atoms with Crippen LogP contribution in [0.4, 0.5) is 11.6 Å². The minimum atomic E-state index is 0.271. The Labute approximate surface area is 88.0 Å². The zero-order valence-electron chi connectivity index (χ0n) is 8.44. The van der Waals surface area contributed by atoms with Gasteiger partial charge in [0.15, 0.2) is 11.6 Å². The molecule has 0 amide bonds. The number of hydrogen-bond acceptors (Lipinski definition) is 4. The lowest BCUT2D eigenvalue weighted by Gasteiger charge is -2.05. The summed E-state index contributed by atoms with van der Waals surface area (Å²) in [5, 5.41) is 0. The molecule has 15 heavy (non-hydrogen) atoms. The fourth-order valence-corrected chi connectivity index (χ4v) is 1.40. The Balaban J connectivity index is 2.55. The van der Waals surface area contributed by atoms with E-state index in [2.05, 4.69) is 9.97 Å². The van der Waals surface area contributed by atoms with Gasteiger partial charge in [-0.15, -0.1) is 0 Å². The highest BCUT2D eigenvalue weighted by atomic mass is 15.0. The molecule has 4 heteroatoms. The minimum Gasteiger partial charge on any atom is -0.381 e. The average molecular weight is 200 g/mol. The highest BCUT2D eigenvalue weighted by Gasteiger charge is 2.05. The molecule has 0 spiro atoms. The van der Waals surface area contributed by atoms with Crippen LogP contribution in [0.15, 0.2) is 30.5 Å². The summed E-state index contributed by atoms with van der Waals surface area (Å²) < 4.78 is 0. The number of nitrogens with zero attached hydrogens (tertiary/aromatic N) is 2. The second kappa shape index (κ2) is 3.57. The number of hydrogen-bond donors (Lipinski definition) is 2. The van der Waals surface area contributed by atoms with Gasteiger partial charge in [-0.25, -0.2) is 9.97 Å². The molecule has 1 aromatic heterocycles. The fourth-order valence-electron chi connectivity index (χ4n) is 1.40. The molecule has 4 N–H and O–H groups in total. The van der Waals surface area contributed by atoms with Gasteiger partial charge in [-0.2, -0.15) is 0 Å². The molecule has 2 aromatic rings. The van der Waals surface area contributed by atoms with Crippen LogP contribution in [0.2, 0.25) is 0 Å². The standard InChI is InChI=1S/C11H12N4/c1-7-4-2-3-5-8(7)9-6-14-10(12)11(13)15-9/h2-6H,1H3,(H2,12,14)(H2,13,15). The third-order valence-electron chi connectivity index (χ3n) is 2.25. The monoisotopic (exact) mass is 200 g/mol. The Morgan fingerprint density at radius 2 is 1.80 bits per heavy atom. The third kappa shape index (κ3) is 1.74. The second-order valence-electron chi connectivity index (χ2n) is 3.34. The quantitative estimate of drug-likeness (QED) is 0.733. The number of aryl methyl sites for hydroxylation is 1. The first kappa shape index (κ1) is 9.45. The predicted octanol–water partition coefficient (Wildman–Crippen LogP) is 1.62. The molecular weight excluding hydrogens is 188 g/mol. The maximum atomic E-state index is 5.61. The SMILES string of the molecule is Cc1ccccc1-c1cnc(N)c(N)n1. The number of rotatable bonds is 1. The van der Waals surface area contributed by atoms with Gasteiger partial charge in [0.1, 0.15) is 0 Å². The van der Waals surface area contributed by atoms with Crippen LogP contribution < -0.4 is 11.5 Å². The van der Waals surface area contributed by atoms with Gasteiger partial charge in [0.25, 0.3) is 0 Å². The van der Waals surface area contributed by atoms with Crippen molar-refractivity contribution >= 4 is 11.6 Å². The van der Waals surface area contributed by atoms with Crippen LogP contribution in [-0.2, 0) is 0 Å². The topological polar surface area (TPSA) is 77.8 Å². The summed E-state index contributed by atoms with van der Waals surface area (Å²) in [6, 6.07) is 7.93. The summed E-state index contributed by atoms with van der Waals surface area (Å²) in [7, 11) is 0. The van der Waals surface area contributed by atoms with E-state index in [0.29, 0.717) is 0 Å². The Bertz CT molecular complexity index is 494. The molecule has 0 aliphatic rings. The van der Waals surface area contributed by atoms with Crippen molar-refractivity contribution in [1.29, 1.82) is 0 Å². The number of aromatic nitrogens is 2. The third-order valence-corrected chi connectivity index (χ3v) is 2.25. The Hall–Kier alpha value is -2.10. The normalized spacial score (nSPS) is 10.2. The van der Waals surface area contributed by atoms with E-state index in [1.807, 2.05) is 31.2 Å². The zero-order valence-corrected chi connectivity index (χ0v) is 8.44. The minimum absolute atomic E-state index is 0.271. The molecule has 1 heterocycles. The van der Waals surface area contributed by atoms with E-state index in [4.69, 9.17) is 11.5 Å². The molecule has 0 saturated carbocycles. The molecular formula is C11H12N4. The number of nitrogen functional groups attached to an aromatic ring is 2. The predicted molar refractivity (Wildman–Crippen MR) is 61.0 cm³/mol. The van der Waals surface area contributed by atoms with Crippen LogP contribution in [0.5, 0.6) is 0 Å². The van der Waals surface area contributed by atoms with Crippen molar-refractivity contribution in [2.75, 3.05) is 11.5 Å². The number of nitrogens with two attached hydrogens (primary N) is 2. The smallest absolute Gasteiger partial charge is 0.166 e. The average Bonchev–Trinajstić information content (AvgIpc) is 2.23. The van der Waals surface area contributed by atoms with Crippen molar-refractivity contribution in [3.8, 4) is 11.3 Å². The summed E-state index contributed by atoms with van der Waals surface area (Å²) in [4.78, 5) is 8.18. The fraction of sp³-hybridized carbons (Fsp3) is 0.0909. The van der Waals surface area contributed by atoms with E-state index in [9.17, 15) is 0 Å². The first-order valence-corrected chi connectivity index (χ1v) is 4.62. The first-order chi connectivity index (χ1) is 7.18. The molecule has 0 aliphatic carbocycles. The molecule has 0 atom stereocenters. The molecule has 76 valence electrons. The van der Waals surface area contributed by atoms with Gasteiger partial charge >= 0.3 is 0 Å². The van der Waals surface area contributed by atoms with Gasteiger partial charge < -0.3 is 11.5 Å². The van der Waals surface area contributed by atoms with E-state index in [0.717, 1.165) is 16.8 Å². The number of benzene rings is 1. The molecule has 0 radical (unpaired) electrons. The number of anilines is 2. The summed E-state index contributed by atoms with van der Waals surface area (Å²) in [6.45, 7) is 2.02. The molecule has 1 aromatic carbocycles. The van der Waals surface area contributed by atoms with Crippen LogP contribution in [0.1, 0.15) is 5.56 Å². The van der Waals surface area contributed by atoms with Crippen molar-refractivity contribution in [2.45, 2.75) is 6.92 Å². The Morgan fingerprint density at radius 1 is 1.07 bits per heavy atom. The lowest BCUT2D eigenvalue weighted by molar-refractivity contribution is 1.22. The van der Waals surface area contributed by atoms with Crippen molar-refractivity contribution in [3.05, 3.63) is 36.0 Å². The Morgan fingerprint density at radius 3 is 2.47 bits per heavy atom. The zero-order chi connectivity index (χ0) is 10.8. The van der Waals surface area contributed by atoms with Crippen LogP contribution in [0.3, 0.4) is 0 Å². The molecule has 0 bridgehead atoms. The van der Waals surface area contributed by atoms with Gasteiger partial charge in [0, 0.05) is 5.56 Å². The molecule has 0 fully saturated rings. The lowest BCUT2D eigenvalue weighted by Crippen LogP contribution is -2.01. The molecule has 2 rings (SSSR count).